The van der Waals surface area contributed by atoms with Crippen LogP contribution in [0.5, 0.6) is 5.75 Å². The highest BCUT2D eigenvalue weighted by molar-refractivity contribution is 5.91. The smallest absolute Gasteiger partial charge is 0.330 e. The monoisotopic (exact) mass is 314 g/mol. The standard InChI is InChI=1S/C19H19FO3/c1-4-13(11-19(21)23-3)14-5-7-15(8-6-14)17-10-9-16(22-2)12-18(17)20/h5-12H,4H2,1-3H3/b13-11+. The molecule has 0 saturated carbocycles. The lowest BCUT2D eigenvalue weighted by molar-refractivity contribution is -0.134. The van der Waals surface area contributed by atoms with Crippen LogP contribution in [0, 0.1) is 5.82 Å². The summed E-state index contributed by atoms with van der Waals surface area (Å²) in [5.74, 6) is -0.234. The Labute approximate surface area is 135 Å². The zero-order valence-corrected chi connectivity index (χ0v) is 13.4. The maximum absolute atomic E-state index is 14.1. The Balaban J connectivity index is 2.32. The summed E-state index contributed by atoms with van der Waals surface area (Å²) in [4.78, 5) is 11.4. The lowest BCUT2D eigenvalue weighted by Crippen LogP contribution is -1.97. The molecular formula is C19H19FO3. The summed E-state index contributed by atoms with van der Waals surface area (Å²) in [5.41, 5.74) is 3.06. The second-order valence-electron chi connectivity index (χ2n) is 4.97. The van der Waals surface area contributed by atoms with Crippen LogP contribution in [0.15, 0.2) is 48.5 Å². The molecule has 0 N–H and O–H groups in total. The molecule has 0 aliphatic heterocycles. The molecule has 2 rings (SSSR count). The topological polar surface area (TPSA) is 35.5 Å². The highest BCUT2D eigenvalue weighted by atomic mass is 19.1. The minimum atomic E-state index is -0.382. The summed E-state index contributed by atoms with van der Waals surface area (Å²) >= 11 is 0. The molecule has 0 amide bonds. The van der Waals surface area contributed by atoms with Crippen molar-refractivity contribution in [1.82, 2.24) is 0 Å². The van der Waals surface area contributed by atoms with Crippen molar-refractivity contribution in [2.45, 2.75) is 13.3 Å². The second kappa shape index (κ2) is 7.58. The van der Waals surface area contributed by atoms with Gasteiger partial charge < -0.3 is 9.47 Å². The van der Waals surface area contributed by atoms with E-state index in [1.807, 2.05) is 31.2 Å². The van der Waals surface area contributed by atoms with Gasteiger partial charge in [-0.15, -0.1) is 0 Å². The molecule has 0 atom stereocenters. The zero-order chi connectivity index (χ0) is 16.8. The third-order valence-corrected chi connectivity index (χ3v) is 3.62. The number of ether oxygens (including phenoxy) is 2. The van der Waals surface area contributed by atoms with Gasteiger partial charge in [-0.25, -0.2) is 9.18 Å². The Kier molecular flexibility index (Phi) is 5.52. The summed E-state index contributed by atoms with van der Waals surface area (Å²) in [6.45, 7) is 1.96. The van der Waals surface area contributed by atoms with E-state index >= 15 is 0 Å². The van der Waals surface area contributed by atoms with Crippen molar-refractivity contribution in [2.75, 3.05) is 14.2 Å². The Hall–Kier alpha value is -2.62. The van der Waals surface area contributed by atoms with Crippen molar-refractivity contribution in [2.24, 2.45) is 0 Å². The van der Waals surface area contributed by atoms with Crippen molar-refractivity contribution < 1.29 is 18.7 Å². The van der Waals surface area contributed by atoms with E-state index in [0.717, 1.165) is 16.7 Å². The first-order valence-electron chi connectivity index (χ1n) is 7.32. The number of carbonyl (C=O) groups excluding carboxylic acids is 1. The van der Waals surface area contributed by atoms with E-state index < -0.39 is 0 Å². The molecule has 2 aromatic carbocycles. The van der Waals surface area contributed by atoms with Crippen molar-refractivity contribution in [3.05, 3.63) is 59.9 Å². The predicted octanol–water partition coefficient (Wildman–Crippen LogP) is 4.47. The predicted molar refractivity (Wildman–Crippen MR) is 88.7 cm³/mol. The summed E-state index contributed by atoms with van der Waals surface area (Å²) in [6, 6.07) is 12.2. The van der Waals surface area contributed by atoms with Crippen LogP contribution in [0.1, 0.15) is 18.9 Å². The van der Waals surface area contributed by atoms with Crippen molar-refractivity contribution in [3.8, 4) is 16.9 Å². The van der Waals surface area contributed by atoms with E-state index in [9.17, 15) is 9.18 Å². The number of rotatable bonds is 5. The summed E-state index contributed by atoms with van der Waals surface area (Å²) < 4.78 is 23.8. The molecule has 0 aliphatic rings. The van der Waals surface area contributed by atoms with Crippen LogP contribution in [-0.4, -0.2) is 20.2 Å². The molecule has 0 saturated heterocycles. The Bertz CT molecular complexity index is 718. The maximum Gasteiger partial charge on any atom is 0.330 e. The third-order valence-electron chi connectivity index (χ3n) is 3.62. The number of esters is 1. The largest absolute Gasteiger partial charge is 0.497 e. The number of methoxy groups -OCH3 is 2. The average Bonchev–Trinajstić information content (AvgIpc) is 2.59. The highest BCUT2D eigenvalue weighted by Gasteiger charge is 2.08. The minimum Gasteiger partial charge on any atom is -0.497 e. The summed E-state index contributed by atoms with van der Waals surface area (Å²) in [5, 5.41) is 0. The molecule has 120 valence electrons. The van der Waals surface area contributed by atoms with Crippen LogP contribution < -0.4 is 4.74 Å². The molecule has 0 heterocycles. The quantitative estimate of drug-likeness (QED) is 0.603. The van der Waals surface area contributed by atoms with Gasteiger partial charge in [-0.2, -0.15) is 0 Å². The maximum atomic E-state index is 14.1. The van der Waals surface area contributed by atoms with E-state index in [2.05, 4.69) is 4.74 Å². The van der Waals surface area contributed by atoms with Crippen LogP contribution >= 0.6 is 0 Å². The number of carbonyl (C=O) groups is 1. The molecule has 0 aromatic heterocycles. The Morgan fingerprint density at radius 2 is 1.83 bits per heavy atom. The molecule has 0 aliphatic carbocycles. The number of halogens is 1. The van der Waals surface area contributed by atoms with E-state index in [0.29, 0.717) is 17.7 Å². The lowest BCUT2D eigenvalue weighted by atomic mass is 9.98. The summed E-state index contributed by atoms with van der Waals surface area (Å²) in [7, 11) is 2.85. The molecule has 0 bridgehead atoms. The van der Waals surface area contributed by atoms with Gasteiger partial charge in [0, 0.05) is 17.7 Å². The van der Waals surface area contributed by atoms with Gasteiger partial charge in [-0.05, 0) is 35.3 Å². The Morgan fingerprint density at radius 3 is 2.35 bits per heavy atom. The minimum absolute atomic E-state index is 0.335. The molecule has 0 radical (unpaired) electrons. The van der Waals surface area contributed by atoms with Gasteiger partial charge in [-0.1, -0.05) is 31.2 Å². The number of hydrogen-bond donors (Lipinski definition) is 0. The highest BCUT2D eigenvalue weighted by Crippen LogP contribution is 2.28. The second-order valence-corrected chi connectivity index (χ2v) is 4.97. The van der Waals surface area contributed by atoms with Crippen LogP contribution in [0.2, 0.25) is 0 Å². The van der Waals surface area contributed by atoms with Gasteiger partial charge in [0.2, 0.25) is 0 Å². The van der Waals surface area contributed by atoms with Crippen LogP contribution in [0.3, 0.4) is 0 Å². The fraction of sp³-hybridized carbons (Fsp3) is 0.211. The van der Waals surface area contributed by atoms with Gasteiger partial charge in [0.1, 0.15) is 11.6 Å². The van der Waals surface area contributed by atoms with E-state index in [-0.39, 0.29) is 11.8 Å². The molecular weight excluding hydrogens is 295 g/mol. The van der Waals surface area contributed by atoms with Gasteiger partial charge in [0.05, 0.1) is 14.2 Å². The van der Waals surface area contributed by atoms with Gasteiger partial charge in [-0.3, -0.25) is 0 Å². The number of hydrogen-bond acceptors (Lipinski definition) is 3. The average molecular weight is 314 g/mol. The molecule has 0 fully saturated rings. The van der Waals surface area contributed by atoms with Gasteiger partial charge >= 0.3 is 5.97 Å². The van der Waals surface area contributed by atoms with Crippen LogP contribution in [0.25, 0.3) is 16.7 Å². The SMILES string of the molecule is CC/C(=C\C(=O)OC)c1ccc(-c2ccc(OC)cc2F)cc1. The van der Waals surface area contributed by atoms with Crippen molar-refractivity contribution >= 4 is 11.5 Å². The van der Waals surface area contributed by atoms with Crippen LogP contribution in [-0.2, 0) is 9.53 Å². The summed E-state index contributed by atoms with van der Waals surface area (Å²) in [6.07, 6.45) is 2.17. The number of benzene rings is 2. The van der Waals surface area contributed by atoms with Crippen molar-refractivity contribution in [3.63, 3.8) is 0 Å². The van der Waals surface area contributed by atoms with Crippen molar-refractivity contribution in [1.29, 1.82) is 0 Å². The Morgan fingerprint density at radius 1 is 1.13 bits per heavy atom. The molecule has 23 heavy (non-hydrogen) atoms. The van der Waals surface area contributed by atoms with E-state index in [4.69, 9.17) is 4.74 Å². The first-order chi connectivity index (χ1) is 11.1. The fourth-order valence-corrected chi connectivity index (χ4v) is 2.31. The molecule has 0 unspecified atom stereocenters. The molecule has 2 aromatic rings. The van der Waals surface area contributed by atoms with Gasteiger partial charge in [0.15, 0.2) is 0 Å². The fourth-order valence-electron chi connectivity index (χ4n) is 2.31. The molecule has 4 heteroatoms. The van der Waals surface area contributed by atoms with Gasteiger partial charge in [0.25, 0.3) is 0 Å². The third kappa shape index (κ3) is 3.97. The number of allylic oxidation sites excluding steroid dienone is 1. The van der Waals surface area contributed by atoms with E-state index in [1.54, 1.807) is 12.1 Å². The molecule has 3 nitrogen and oxygen atoms in total. The van der Waals surface area contributed by atoms with E-state index in [1.165, 1.54) is 26.4 Å². The zero-order valence-electron chi connectivity index (χ0n) is 13.4. The molecule has 0 spiro atoms. The lowest BCUT2D eigenvalue weighted by Gasteiger charge is -2.09. The normalized spacial score (nSPS) is 11.2. The first kappa shape index (κ1) is 16.7. The first-order valence-corrected chi connectivity index (χ1v) is 7.32. The van der Waals surface area contributed by atoms with Crippen LogP contribution in [0.4, 0.5) is 4.39 Å².